The molecule has 5 heteroatoms. The fourth-order valence-electron chi connectivity index (χ4n) is 0.978. The van der Waals surface area contributed by atoms with Gasteiger partial charge in [-0.15, -0.1) is 0 Å². The van der Waals surface area contributed by atoms with E-state index in [0.717, 1.165) is 0 Å². The monoisotopic (exact) mass is 173 g/mol. The van der Waals surface area contributed by atoms with Crippen LogP contribution >= 0.6 is 0 Å². The lowest BCUT2D eigenvalue weighted by Crippen LogP contribution is -2.42. The molecular formula is C7H11NO4. The Morgan fingerprint density at radius 1 is 1.75 bits per heavy atom. The lowest BCUT2D eigenvalue weighted by molar-refractivity contribution is -0.153. The zero-order valence-corrected chi connectivity index (χ0v) is 6.91. The number of rotatable bonds is 2. The van der Waals surface area contributed by atoms with Crippen molar-refractivity contribution in [3.8, 4) is 0 Å². The predicted molar refractivity (Wildman–Crippen MR) is 39.4 cm³/mol. The Kier molecular flexibility index (Phi) is 3.04. The molecule has 0 atom stereocenters. The maximum atomic E-state index is 10.8. The topological polar surface area (TPSA) is 55.8 Å². The van der Waals surface area contributed by atoms with Crippen molar-refractivity contribution in [3.05, 3.63) is 0 Å². The molecule has 1 fully saturated rings. The third-order valence-electron chi connectivity index (χ3n) is 1.60. The van der Waals surface area contributed by atoms with Gasteiger partial charge in [0.2, 0.25) is 0 Å². The molecule has 0 N–H and O–H groups in total. The van der Waals surface area contributed by atoms with E-state index in [4.69, 9.17) is 4.74 Å². The molecule has 0 spiro atoms. The second-order valence-electron chi connectivity index (χ2n) is 2.51. The molecule has 0 aromatic heterocycles. The molecular weight excluding hydrogens is 162 g/mol. The van der Waals surface area contributed by atoms with Crippen LogP contribution in [0, 0.1) is 0 Å². The summed E-state index contributed by atoms with van der Waals surface area (Å²) in [6.45, 7) is 1.29. The first-order chi connectivity index (χ1) is 5.72. The number of cyclic esters (lactones) is 1. The SMILES string of the molecule is COC(=O)CN1CCOC(=O)C1. The highest BCUT2D eigenvalue weighted by atomic mass is 16.5. The van der Waals surface area contributed by atoms with Gasteiger partial charge in [-0.25, -0.2) is 0 Å². The molecule has 12 heavy (non-hydrogen) atoms. The molecule has 0 unspecified atom stereocenters. The van der Waals surface area contributed by atoms with Gasteiger partial charge in [-0.1, -0.05) is 0 Å². The molecule has 0 amide bonds. The van der Waals surface area contributed by atoms with Crippen LogP contribution in [0.5, 0.6) is 0 Å². The van der Waals surface area contributed by atoms with E-state index < -0.39 is 0 Å². The Balaban J connectivity index is 2.32. The summed E-state index contributed by atoms with van der Waals surface area (Å²) in [7, 11) is 1.32. The van der Waals surface area contributed by atoms with E-state index in [1.54, 1.807) is 4.90 Å². The Morgan fingerprint density at radius 2 is 2.50 bits per heavy atom. The van der Waals surface area contributed by atoms with Crippen LogP contribution in [0.1, 0.15) is 0 Å². The number of morpholine rings is 1. The van der Waals surface area contributed by atoms with Crippen LogP contribution in [0.15, 0.2) is 0 Å². The van der Waals surface area contributed by atoms with Gasteiger partial charge in [0.25, 0.3) is 0 Å². The number of hydrogen-bond donors (Lipinski definition) is 0. The van der Waals surface area contributed by atoms with Crippen LogP contribution in [-0.2, 0) is 19.1 Å². The maximum absolute atomic E-state index is 10.8. The summed E-state index contributed by atoms with van der Waals surface area (Å²) in [5.74, 6) is -0.616. The Hall–Kier alpha value is -1.10. The number of esters is 2. The van der Waals surface area contributed by atoms with E-state index in [0.29, 0.717) is 13.2 Å². The van der Waals surface area contributed by atoms with E-state index in [1.807, 2.05) is 0 Å². The standard InChI is InChI=1S/C7H11NO4/c1-11-6(9)4-8-2-3-12-7(10)5-8/h2-5H2,1H3. The summed E-state index contributed by atoms with van der Waals surface area (Å²) >= 11 is 0. The summed E-state index contributed by atoms with van der Waals surface area (Å²) in [4.78, 5) is 23.2. The first kappa shape index (κ1) is 8.99. The van der Waals surface area contributed by atoms with Crippen molar-refractivity contribution in [3.63, 3.8) is 0 Å². The second-order valence-corrected chi connectivity index (χ2v) is 2.51. The number of hydrogen-bond acceptors (Lipinski definition) is 5. The molecule has 68 valence electrons. The van der Waals surface area contributed by atoms with Crippen molar-refractivity contribution in [1.29, 1.82) is 0 Å². The van der Waals surface area contributed by atoms with Crippen molar-refractivity contribution in [1.82, 2.24) is 4.90 Å². The summed E-state index contributed by atoms with van der Waals surface area (Å²) in [6, 6.07) is 0. The summed E-state index contributed by atoms with van der Waals surface area (Å²) in [5.41, 5.74) is 0. The van der Waals surface area contributed by atoms with Gasteiger partial charge in [0, 0.05) is 6.54 Å². The molecule has 0 aromatic carbocycles. The third-order valence-corrected chi connectivity index (χ3v) is 1.60. The van der Waals surface area contributed by atoms with Crippen LogP contribution in [0.2, 0.25) is 0 Å². The van der Waals surface area contributed by atoms with Crippen LogP contribution in [0.3, 0.4) is 0 Å². The lowest BCUT2D eigenvalue weighted by Gasteiger charge is -2.24. The quantitative estimate of drug-likeness (QED) is 0.502. The average molecular weight is 173 g/mol. The maximum Gasteiger partial charge on any atom is 0.320 e. The normalized spacial score (nSPS) is 18.6. The minimum absolute atomic E-state index is 0.158. The minimum Gasteiger partial charge on any atom is -0.468 e. The van der Waals surface area contributed by atoms with Crippen molar-refractivity contribution < 1.29 is 19.1 Å². The van der Waals surface area contributed by atoms with Crippen molar-refractivity contribution in [2.45, 2.75) is 0 Å². The third kappa shape index (κ3) is 2.50. The second kappa shape index (κ2) is 4.06. The molecule has 0 aliphatic carbocycles. The zero-order valence-electron chi connectivity index (χ0n) is 6.91. The first-order valence-electron chi connectivity index (χ1n) is 3.67. The Labute approximate surface area is 70.2 Å². The fraction of sp³-hybridized carbons (Fsp3) is 0.714. The van der Waals surface area contributed by atoms with E-state index in [-0.39, 0.29) is 25.0 Å². The smallest absolute Gasteiger partial charge is 0.320 e. The van der Waals surface area contributed by atoms with E-state index >= 15 is 0 Å². The number of carbonyl (C=O) groups is 2. The summed E-state index contributed by atoms with van der Waals surface area (Å²) < 4.78 is 9.15. The Bertz CT molecular complexity index is 192. The summed E-state index contributed by atoms with van der Waals surface area (Å²) in [5, 5.41) is 0. The van der Waals surface area contributed by atoms with Crippen molar-refractivity contribution in [2.24, 2.45) is 0 Å². The Morgan fingerprint density at radius 3 is 3.08 bits per heavy atom. The number of ether oxygens (including phenoxy) is 2. The van der Waals surface area contributed by atoms with Gasteiger partial charge in [0.15, 0.2) is 0 Å². The van der Waals surface area contributed by atoms with Gasteiger partial charge >= 0.3 is 11.9 Å². The zero-order chi connectivity index (χ0) is 8.97. The molecule has 1 saturated heterocycles. The molecule has 5 nitrogen and oxygen atoms in total. The molecule has 1 rings (SSSR count). The van der Waals surface area contributed by atoms with E-state index in [2.05, 4.69) is 4.74 Å². The van der Waals surface area contributed by atoms with Crippen molar-refractivity contribution in [2.75, 3.05) is 33.4 Å². The van der Waals surface area contributed by atoms with Gasteiger partial charge in [-0.2, -0.15) is 0 Å². The van der Waals surface area contributed by atoms with Crippen LogP contribution < -0.4 is 0 Å². The molecule has 0 saturated carbocycles. The van der Waals surface area contributed by atoms with E-state index in [9.17, 15) is 9.59 Å². The molecule has 0 bridgehead atoms. The summed E-state index contributed by atoms with van der Waals surface area (Å²) in [6.07, 6.45) is 0. The van der Waals surface area contributed by atoms with Gasteiger partial charge in [-0.05, 0) is 0 Å². The van der Waals surface area contributed by atoms with Gasteiger partial charge in [0.1, 0.15) is 6.61 Å². The van der Waals surface area contributed by atoms with Gasteiger partial charge in [0.05, 0.1) is 20.2 Å². The lowest BCUT2D eigenvalue weighted by atomic mass is 10.4. The van der Waals surface area contributed by atoms with E-state index in [1.165, 1.54) is 7.11 Å². The molecule has 1 heterocycles. The minimum atomic E-state index is -0.329. The molecule has 0 radical (unpaired) electrons. The van der Waals surface area contributed by atoms with Crippen molar-refractivity contribution >= 4 is 11.9 Å². The average Bonchev–Trinajstić information content (AvgIpc) is 2.04. The van der Waals surface area contributed by atoms with Crippen LogP contribution in [-0.4, -0.2) is 50.2 Å². The molecule has 1 aliphatic rings. The fourth-order valence-corrected chi connectivity index (χ4v) is 0.978. The van der Waals surface area contributed by atoms with Crippen LogP contribution in [0.4, 0.5) is 0 Å². The highest BCUT2D eigenvalue weighted by molar-refractivity contribution is 5.75. The van der Waals surface area contributed by atoms with Gasteiger partial charge < -0.3 is 9.47 Å². The highest BCUT2D eigenvalue weighted by Gasteiger charge is 2.19. The predicted octanol–water partition coefficient (Wildman–Crippen LogP) is -0.982. The number of methoxy groups -OCH3 is 1. The number of nitrogens with zero attached hydrogens (tertiary/aromatic N) is 1. The largest absolute Gasteiger partial charge is 0.468 e. The molecule has 0 aromatic rings. The number of carbonyl (C=O) groups excluding carboxylic acids is 2. The highest BCUT2D eigenvalue weighted by Crippen LogP contribution is 1.97. The first-order valence-corrected chi connectivity index (χ1v) is 3.67. The van der Waals surface area contributed by atoms with Crippen LogP contribution in [0.25, 0.3) is 0 Å². The molecule has 1 aliphatic heterocycles. The van der Waals surface area contributed by atoms with Gasteiger partial charge in [-0.3, -0.25) is 14.5 Å².